The maximum absolute atomic E-state index is 11.8. The molecule has 6 nitrogen and oxygen atoms in total. The first-order chi connectivity index (χ1) is 9.56. The number of likely N-dealkylation sites (tertiary alicyclic amines) is 1. The molecule has 1 rings (SSSR count). The molecule has 1 fully saturated rings. The van der Waals surface area contributed by atoms with Crippen molar-refractivity contribution in [1.29, 1.82) is 0 Å². The monoisotopic (exact) mass is 284 g/mol. The Labute approximate surface area is 119 Å². The summed E-state index contributed by atoms with van der Waals surface area (Å²) in [5.41, 5.74) is 0. The van der Waals surface area contributed by atoms with E-state index in [2.05, 4.69) is 5.32 Å². The number of ether oxygens (including phenoxy) is 1. The third-order valence-corrected chi connectivity index (χ3v) is 3.40. The van der Waals surface area contributed by atoms with E-state index < -0.39 is 0 Å². The predicted octanol–water partition coefficient (Wildman–Crippen LogP) is 0.847. The molecule has 1 unspecified atom stereocenters. The highest BCUT2D eigenvalue weighted by Gasteiger charge is 2.30. The molecule has 0 aromatic heterocycles. The number of likely N-dealkylation sites (N-methyl/N-ethyl adjacent to an activating group) is 1. The summed E-state index contributed by atoms with van der Waals surface area (Å²) >= 11 is 0. The maximum atomic E-state index is 11.8. The van der Waals surface area contributed by atoms with E-state index in [1.54, 1.807) is 6.92 Å². The van der Waals surface area contributed by atoms with Gasteiger partial charge in [0.1, 0.15) is 0 Å². The molecule has 0 spiro atoms. The van der Waals surface area contributed by atoms with Gasteiger partial charge in [0.2, 0.25) is 11.8 Å². The van der Waals surface area contributed by atoms with Crippen molar-refractivity contribution < 1.29 is 19.1 Å². The van der Waals surface area contributed by atoms with Crippen LogP contribution in [0.1, 0.15) is 45.4 Å². The van der Waals surface area contributed by atoms with E-state index in [0.29, 0.717) is 25.9 Å². The highest BCUT2D eigenvalue weighted by atomic mass is 16.5. The molecule has 0 aliphatic carbocycles. The first-order valence-corrected chi connectivity index (χ1v) is 7.25. The van der Waals surface area contributed by atoms with Gasteiger partial charge in [-0.25, -0.2) is 0 Å². The minimum Gasteiger partial charge on any atom is -0.466 e. The van der Waals surface area contributed by atoms with E-state index in [4.69, 9.17) is 4.74 Å². The van der Waals surface area contributed by atoms with Crippen molar-refractivity contribution in [1.82, 2.24) is 10.2 Å². The molecule has 1 saturated heterocycles. The minimum absolute atomic E-state index is 0.109. The van der Waals surface area contributed by atoms with Gasteiger partial charge in [-0.3, -0.25) is 19.3 Å². The number of carbonyl (C=O) groups excluding carboxylic acids is 3. The molecule has 20 heavy (non-hydrogen) atoms. The Hall–Kier alpha value is -1.43. The zero-order valence-electron chi connectivity index (χ0n) is 12.3. The minimum atomic E-state index is -0.247. The SMILES string of the molecule is CCOC(=O)CCCCCNC1CCC(=O)N(C)C1=O. The van der Waals surface area contributed by atoms with E-state index in [-0.39, 0.29) is 23.8 Å². The molecule has 1 aliphatic rings. The Morgan fingerprint density at radius 2 is 2.10 bits per heavy atom. The second-order valence-corrected chi connectivity index (χ2v) is 4.95. The van der Waals surface area contributed by atoms with Crippen molar-refractivity contribution in [3.8, 4) is 0 Å². The lowest BCUT2D eigenvalue weighted by molar-refractivity contribution is -0.148. The highest BCUT2D eigenvalue weighted by molar-refractivity contribution is 6.00. The number of hydrogen-bond acceptors (Lipinski definition) is 5. The number of imide groups is 1. The molecule has 6 heteroatoms. The number of hydrogen-bond donors (Lipinski definition) is 1. The summed E-state index contributed by atoms with van der Waals surface area (Å²) in [6.45, 7) is 2.95. The summed E-state index contributed by atoms with van der Waals surface area (Å²) in [6.07, 6.45) is 4.07. The standard InChI is InChI=1S/C14H24N2O4/c1-3-20-13(18)7-5-4-6-10-15-11-8-9-12(17)16(2)14(11)19/h11,15H,3-10H2,1-2H3. The van der Waals surface area contributed by atoms with Gasteiger partial charge in [0, 0.05) is 19.9 Å². The molecule has 2 amide bonds. The van der Waals surface area contributed by atoms with Gasteiger partial charge in [0.25, 0.3) is 0 Å². The first kappa shape index (κ1) is 16.6. The number of esters is 1. The van der Waals surface area contributed by atoms with Crippen molar-refractivity contribution in [2.24, 2.45) is 0 Å². The molecule has 1 aliphatic heterocycles. The summed E-state index contributed by atoms with van der Waals surface area (Å²) in [7, 11) is 1.53. The number of piperidine rings is 1. The van der Waals surface area contributed by atoms with Crippen LogP contribution in [0.25, 0.3) is 0 Å². The topological polar surface area (TPSA) is 75.7 Å². The highest BCUT2D eigenvalue weighted by Crippen LogP contribution is 2.11. The molecular formula is C14H24N2O4. The van der Waals surface area contributed by atoms with Gasteiger partial charge < -0.3 is 10.1 Å². The fraction of sp³-hybridized carbons (Fsp3) is 0.786. The largest absolute Gasteiger partial charge is 0.466 e. The molecule has 1 heterocycles. The third-order valence-electron chi connectivity index (χ3n) is 3.40. The molecule has 1 atom stereocenters. The van der Waals surface area contributed by atoms with Crippen molar-refractivity contribution in [2.45, 2.75) is 51.5 Å². The van der Waals surface area contributed by atoms with Crippen molar-refractivity contribution >= 4 is 17.8 Å². The summed E-state index contributed by atoms with van der Waals surface area (Å²) in [5.74, 6) is -0.404. The van der Waals surface area contributed by atoms with Crippen LogP contribution in [0, 0.1) is 0 Å². The average molecular weight is 284 g/mol. The lowest BCUT2D eigenvalue weighted by Gasteiger charge is -2.28. The quantitative estimate of drug-likeness (QED) is 0.406. The summed E-state index contributed by atoms with van der Waals surface area (Å²) in [5, 5.41) is 3.18. The van der Waals surface area contributed by atoms with Crippen molar-refractivity contribution in [3.05, 3.63) is 0 Å². The Kier molecular flexibility index (Phi) is 7.22. The van der Waals surface area contributed by atoms with Gasteiger partial charge in [-0.05, 0) is 32.7 Å². The molecule has 0 radical (unpaired) electrons. The van der Waals surface area contributed by atoms with Crippen LogP contribution in [-0.4, -0.2) is 48.9 Å². The fourth-order valence-electron chi connectivity index (χ4n) is 2.19. The zero-order chi connectivity index (χ0) is 15.0. The normalized spacial score (nSPS) is 19.3. The van der Waals surface area contributed by atoms with Gasteiger partial charge in [0.05, 0.1) is 12.6 Å². The van der Waals surface area contributed by atoms with E-state index in [0.717, 1.165) is 25.8 Å². The Morgan fingerprint density at radius 3 is 2.80 bits per heavy atom. The summed E-state index contributed by atoms with van der Waals surface area (Å²) < 4.78 is 4.84. The second kappa shape index (κ2) is 8.68. The number of unbranched alkanes of at least 4 members (excludes halogenated alkanes) is 2. The summed E-state index contributed by atoms with van der Waals surface area (Å²) in [6, 6.07) is -0.247. The van der Waals surface area contributed by atoms with Gasteiger partial charge in [-0.1, -0.05) is 6.42 Å². The van der Waals surface area contributed by atoms with Crippen LogP contribution >= 0.6 is 0 Å². The Balaban J connectivity index is 2.08. The molecular weight excluding hydrogens is 260 g/mol. The van der Waals surface area contributed by atoms with E-state index in [1.807, 2.05) is 0 Å². The number of carbonyl (C=O) groups is 3. The van der Waals surface area contributed by atoms with Crippen LogP contribution in [-0.2, 0) is 19.1 Å². The van der Waals surface area contributed by atoms with Crippen LogP contribution in [0.2, 0.25) is 0 Å². The van der Waals surface area contributed by atoms with Gasteiger partial charge in [0.15, 0.2) is 0 Å². The maximum Gasteiger partial charge on any atom is 0.305 e. The summed E-state index contributed by atoms with van der Waals surface area (Å²) in [4.78, 5) is 35.4. The lowest BCUT2D eigenvalue weighted by Crippen LogP contribution is -2.51. The second-order valence-electron chi connectivity index (χ2n) is 4.95. The lowest BCUT2D eigenvalue weighted by atomic mass is 10.0. The molecule has 0 saturated carbocycles. The first-order valence-electron chi connectivity index (χ1n) is 7.25. The molecule has 114 valence electrons. The molecule has 0 aromatic carbocycles. The van der Waals surface area contributed by atoms with Crippen LogP contribution in [0.5, 0.6) is 0 Å². The predicted molar refractivity (Wildman–Crippen MR) is 73.9 cm³/mol. The van der Waals surface area contributed by atoms with Crippen LogP contribution in [0.15, 0.2) is 0 Å². The Bertz CT molecular complexity index is 357. The molecule has 1 N–H and O–H groups in total. The molecule has 0 aromatic rings. The fourth-order valence-corrected chi connectivity index (χ4v) is 2.19. The Morgan fingerprint density at radius 1 is 1.35 bits per heavy atom. The number of nitrogens with one attached hydrogen (secondary N) is 1. The zero-order valence-corrected chi connectivity index (χ0v) is 12.3. The third kappa shape index (κ3) is 5.28. The average Bonchev–Trinajstić information content (AvgIpc) is 2.42. The van der Waals surface area contributed by atoms with Crippen LogP contribution in [0.4, 0.5) is 0 Å². The number of amides is 2. The van der Waals surface area contributed by atoms with Gasteiger partial charge >= 0.3 is 5.97 Å². The number of rotatable bonds is 8. The van der Waals surface area contributed by atoms with Gasteiger partial charge in [-0.2, -0.15) is 0 Å². The van der Waals surface area contributed by atoms with E-state index in [9.17, 15) is 14.4 Å². The molecule has 0 bridgehead atoms. The van der Waals surface area contributed by atoms with Crippen molar-refractivity contribution in [2.75, 3.05) is 20.2 Å². The van der Waals surface area contributed by atoms with Crippen LogP contribution in [0.3, 0.4) is 0 Å². The van der Waals surface area contributed by atoms with Gasteiger partial charge in [-0.15, -0.1) is 0 Å². The van der Waals surface area contributed by atoms with E-state index in [1.165, 1.54) is 11.9 Å². The van der Waals surface area contributed by atoms with Crippen LogP contribution < -0.4 is 5.32 Å². The smallest absolute Gasteiger partial charge is 0.305 e. The van der Waals surface area contributed by atoms with E-state index >= 15 is 0 Å². The number of nitrogens with zero attached hydrogens (tertiary/aromatic N) is 1. The van der Waals surface area contributed by atoms with Crippen molar-refractivity contribution in [3.63, 3.8) is 0 Å².